The first-order chi connectivity index (χ1) is 7.58. The van der Waals surface area contributed by atoms with Gasteiger partial charge in [-0.15, -0.1) is 0 Å². The van der Waals surface area contributed by atoms with Crippen molar-refractivity contribution in [2.75, 3.05) is 13.1 Å². The Bertz CT molecular complexity index is 356. The van der Waals surface area contributed by atoms with Gasteiger partial charge in [0.05, 0.1) is 5.25 Å². The molecule has 0 spiro atoms. The standard InChI is InChI=1S/C10H18N2O3S/c13-10(6-8-2-1-5-11-7-8)12-16(14,15)9-3-4-9/h8-9,11H,1-7H2,(H,12,13). The Morgan fingerprint density at radius 3 is 2.62 bits per heavy atom. The Hall–Kier alpha value is -0.620. The molecule has 1 atom stereocenters. The zero-order valence-corrected chi connectivity index (χ0v) is 10.1. The van der Waals surface area contributed by atoms with Crippen molar-refractivity contribution < 1.29 is 13.2 Å². The summed E-state index contributed by atoms with van der Waals surface area (Å²) in [6.45, 7) is 1.81. The first kappa shape index (κ1) is 11.9. The van der Waals surface area contributed by atoms with Crippen molar-refractivity contribution >= 4 is 15.9 Å². The summed E-state index contributed by atoms with van der Waals surface area (Å²) in [6.07, 6.45) is 3.76. The molecule has 1 saturated heterocycles. The van der Waals surface area contributed by atoms with Gasteiger partial charge in [0.1, 0.15) is 0 Å². The van der Waals surface area contributed by atoms with E-state index in [0.717, 1.165) is 25.9 Å². The number of piperidine rings is 1. The van der Waals surface area contributed by atoms with E-state index in [2.05, 4.69) is 10.0 Å². The van der Waals surface area contributed by atoms with Crippen LogP contribution in [-0.2, 0) is 14.8 Å². The van der Waals surface area contributed by atoms with Crippen LogP contribution in [0.2, 0.25) is 0 Å². The summed E-state index contributed by atoms with van der Waals surface area (Å²) >= 11 is 0. The minimum absolute atomic E-state index is 0.281. The minimum atomic E-state index is -3.36. The normalized spacial score (nSPS) is 26.4. The maximum atomic E-state index is 11.5. The second-order valence-electron chi connectivity index (χ2n) is 4.69. The van der Waals surface area contributed by atoms with Crippen LogP contribution >= 0.6 is 0 Å². The van der Waals surface area contributed by atoms with E-state index >= 15 is 0 Å². The highest BCUT2D eigenvalue weighted by atomic mass is 32.2. The first-order valence-corrected chi connectivity index (χ1v) is 7.38. The van der Waals surface area contributed by atoms with Crippen molar-refractivity contribution in [2.24, 2.45) is 5.92 Å². The Morgan fingerprint density at radius 2 is 2.06 bits per heavy atom. The maximum absolute atomic E-state index is 11.5. The lowest BCUT2D eigenvalue weighted by Gasteiger charge is -2.21. The summed E-state index contributed by atoms with van der Waals surface area (Å²) in [6, 6.07) is 0. The summed E-state index contributed by atoms with van der Waals surface area (Å²) < 4.78 is 25.2. The molecule has 1 heterocycles. The fourth-order valence-corrected chi connectivity index (χ4v) is 3.35. The van der Waals surface area contributed by atoms with Crippen molar-refractivity contribution in [3.8, 4) is 0 Å². The van der Waals surface area contributed by atoms with E-state index in [1.807, 2.05) is 0 Å². The Balaban J connectivity index is 1.79. The molecule has 0 radical (unpaired) electrons. The van der Waals surface area contributed by atoms with Crippen molar-refractivity contribution in [1.82, 2.24) is 10.0 Å². The van der Waals surface area contributed by atoms with Crippen LogP contribution in [0.25, 0.3) is 0 Å². The van der Waals surface area contributed by atoms with Crippen LogP contribution in [0.1, 0.15) is 32.1 Å². The summed E-state index contributed by atoms with van der Waals surface area (Å²) in [5.41, 5.74) is 0. The van der Waals surface area contributed by atoms with Crippen LogP contribution in [0.4, 0.5) is 0 Å². The lowest BCUT2D eigenvalue weighted by molar-refractivity contribution is -0.120. The second kappa shape index (κ2) is 4.71. The van der Waals surface area contributed by atoms with E-state index in [0.29, 0.717) is 19.3 Å². The summed E-state index contributed by atoms with van der Waals surface area (Å²) in [5.74, 6) is -0.0660. The highest BCUT2D eigenvalue weighted by Gasteiger charge is 2.37. The highest BCUT2D eigenvalue weighted by molar-refractivity contribution is 7.90. The van der Waals surface area contributed by atoms with Crippen molar-refractivity contribution in [3.05, 3.63) is 0 Å². The van der Waals surface area contributed by atoms with Gasteiger partial charge >= 0.3 is 0 Å². The lowest BCUT2D eigenvalue weighted by atomic mass is 9.96. The number of hydrogen-bond acceptors (Lipinski definition) is 4. The molecule has 1 aliphatic heterocycles. The Kier molecular flexibility index (Phi) is 3.49. The van der Waals surface area contributed by atoms with Crippen LogP contribution in [0.15, 0.2) is 0 Å². The third-order valence-corrected chi connectivity index (χ3v) is 4.95. The zero-order chi connectivity index (χ0) is 11.6. The molecule has 0 aromatic carbocycles. The molecule has 1 unspecified atom stereocenters. The van der Waals surface area contributed by atoms with E-state index in [1.54, 1.807) is 0 Å². The summed E-state index contributed by atoms with van der Waals surface area (Å²) in [7, 11) is -3.36. The molecule has 0 aromatic rings. The second-order valence-corrected chi connectivity index (χ2v) is 6.65. The topological polar surface area (TPSA) is 75.3 Å². The van der Waals surface area contributed by atoms with Crippen LogP contribution < -0.4 is 10.0 Å². The maximum Gasteiger partial charge on any atom is 0.237 e. The first-order valence-electron chi connectivity index (χ1n) is 5.83. The number of carbonyl (C=O) groups excluding carboxylic acids is 1. The fourth-order valence-electron chi connectivity index (χ4n) is 2.02. The lowest BCUT2D eigenvalue weighted by Crippen LogP contribution is -2.37. The molecule has 16 heavy (non-hydrogen) atoms. The van der Waals surface area contributed by atoms with E-state index < -0.39 is 10.0 Å². The van der Waals surface area contributed by atoms with Crippen LogP contribution in [0, 0.1) is 5.92 Å². The van der Waals surface area contributed by atoms with E-state index in [-0.39, 0.29) is 17.1 Å². The predicted molar refractivity (Wildman–Crippen MR) is 60.3 cm³/mol. The SMILES string of the molecule is O=C(CC1CCCNC1)NS(=O)(=O)C1CC1. The molecule has 2 fully saturated rings. The molecule has 92 valence electrons. The average Bonchev–Trinajstić information content (AvgIpc) is 3.01. The largest absolute Gasteiger partial charge is 0.316 e. The minimum Gasteiger partial charge on any atom is -0.316 e. The number of sulfonamides is 1. The average molecular weight is 246 g/mol. The van der Waals surface area contributed by atoms with Crippen LogP contribution in [0.5, 0.6) is 0 Å². The molecule has 5 nitrogen and oxygen atoms in total. The summed E-state index contributed by atoms with van der Waals surface area (Å²) in [4.78, 5) is 11.5. The number of carbonyl (C=O) groups is 1. The quantitative estimate of drug-likeness (QED) is 0.731. The molecule has 0 aromatic heterocycles. The molecule has 1 amide bonds. The van der Waals surface area contributed by atoms with E-state index in [1.165, 1.54) is 0 Å². The van der Waals surface area contributed by atoms with E-state index in [4.69, 9.17) is 0 Å². The van der Waals surface area contributed by atoms with Gasteiger partial charge in [-0.05, 0) is 44.7 Å². The molecular formula is C10H18N2O3S. The van der Waals surface area contributed by atoms with Gasteiger partial charge in [0.2, 0.25) is 15.9 Å². The monoisotopic (exact) mass is 246 g/mol. The van der Waals surface area contributed by atoms with Crippen LogP contribution in [-0.4, -0.2) is 32.7 Å². The van der Waals surface area contributed by atoms with Gasteiger partial charge in [-0.2, -0.15) is 0 Å². The number of rotatable bonds is 4. The zero-order valence-electron chi connectivity index (χ0n) is 9.24. The molecular weight excluding hydrogens is 228 g/mol. The van der Waals surface area contributed by atoms with Gasteiger partial charge in [0, 0.05) is 6.42 Å². The molecule has 1 aliphatic carbocycles. The van der Waals surface area contributed by atoms with Crippen molar-refractivity contribution in [2.45, 2.75) is 37.4 Å². The highest BCUT2D eigenvalue weighted by Crippen LogP contribution is 2.27. The molecule has 0 bridgehead atoms. The van der Waals surface area contributed by atoms with Gasteiger partial charge < -0.3 is 5.32 Å². The number of nitrogens with one attached hydrogen (secondary N) is 2. The predicted octanol–water partition coefficient (Wildman–Crippen LogP) is -0.0155. The molecule has 6 heteroatoms. The van der Waals surface area contributed by atoms with Gasteiger partial charge in [0.15, 0.2) is 0 Å². The third kappa shape index (κ3) is 3.18. The van der Waals surface area contributed by atoms with Gasteiger partial charge in [-0.25, -0.2) is 8.42 Å². The Labute approximate surface area is 96.0 Å². The summed E-state index contributed by atoms with van der Waals surface area (Å²) in [5, 5.41) is 2.89. The van der Waals surface area contributed by atoms with Crippen molar-refractivity contribution in [3.63, 3.8) is 0 Å². The number of amides is 1. The van der Waals surface area contributed by atoms with Gasteiger partial charge in [-0.3, -0.25) is 9.52 Å². The number of hydrogen-bond donors (Lipinski definition) is 2. The molecule has 2 rings (SSSR count). The van der Waals surface area contributed by atoms with Crippen molar-refractivity contribution in [1.29, 1.82) is 0 Å². The molecule has 2 aliphatic rings. The third-order valence-electron chi connectivity index (χ3n) is 3.09. The van der Waals surface area contributed by atoms with Gasteiger partial charge in [0.25, 0.3) is 0 Å². The smallest absolute Gasteiger partial charge is 0.237 e. The molecule has 2 N–H and O–H groups in total. The Morgan fingerprint density at radius 1 is 1.31 bits per heavy atom. The fraction of sp³-hybridized carbons (Fsp3) is 0.900. The molecule has 1 saturated carbocycles. The van der Waals surface area contributed by atoms with Crippen LogP contribution in [0.3, 0.4) is 0 Å². The van der Waals surface area contributed by atoms with Gasteiger partial charge in [-0.1, -0.05) is 0 Å². The van der Waals surface area contributed by atoms with E-state index in [9.17, 15) is 13.2 Å².